The lowest BCUT2D eigenvalue weighted by molar-refractivity contribution is 0.0514. The summed E-state index contributed by atoms with van der Waals surface area (Å²) < 4.78 is 11.9. The van der Waals surface area contributed by atoms with Gasteiger partial charge in [0.25, 0.3) is 0 Å². The molecule has 1 atom stereocenters. The molecule has 8 heteroatoms. The highest BCUT2D eigenvalue weighted by molar-refractivity contribution is 5.82. The number of ether oxygens (including phenoxy) is 2. The van der Waals surface area contributed by atoms with Crippen LogP contribution in [-0.2, 0) is 4.74 Å². The van der Waals surface area contributed by atoms with Crippen LogP contribution in [0.15, 0.2) is 61.1 Å². The lowest BCUT2D eigenvalue weighted by atomic mass is 10.1. The second kappa shape index (κ2) is 8.90. The maximum Gasteiger partial charge on any atom is 0.435 e. The Morgan fingerprint density at radius 3 is 2.64 bits per heavy atom. The minimum atomic E-state index is -0.586. The maximum absolute atomic E-state index is 12.2. The SMILES string of the molecule is COc1cccc(C(C)Nc2cnc3cc(-c4cnn(C(=O)OC(C)(C)C)c4)ccc3n2)c1. The molecule has 2 aromatic carbocycles. The molecular weight excluding hydrogens is 418 g/mol. The molecule has 2 aromatic heterocycles. The summed E-state index contributed by atoms with van der Waals surface area (Å²) in [6.07, 6.45) is 4.47. The predicted octanol–water partition coefficient (Wildman–Crippen LogP) is 5.46. The van der Waals surface area contributed by atoms with E-state index in [4.69, 9.17) is 14.5 Å². The predicted molar refractivity (Wildman–Crippen MR) is 127 cm³/mol. The highest BCUT2D eigenvalue weighted by Crippen LogP contribution is 2.25. The fourth-order valence-corrected chi connectivity index (χ4v) is 3.36. The van der Waals surface area contributed by atoms with Crippen LogP contribution in [0.1, 0.15) is 39.3 Å². The van der Waals surface area contributed by atoms with Crippen LogP contribution in [-0.4, -0.2) is 38.6 Å². The van der Waals surface area contributed by atoms with Crippen LogP contribution < -0.4 is 10.1 Å². The van der Waals surface area contributed by atoms with Crippen LogP contribution in [0, 0.1) is 0 Å². The molecule has 0 amide bonds. The summed E-state index contributed by atoms with van der Waals surface area (Å²) in [5.74, 6) is 1.50. The number of fused-ring (bicyclic) bond motifs is 1. The second-order valence-electron chi connectivity index (χ2n) is 8.76. The summed E-state index contributed by atoms with van der Waals surface area (Å²) in [6.45, 7) is 7.51. The van der Waals surface area contributed by atoms with Crippen molar-refractivity contribution < 1.29 is 14.3 Å². The van der Waals surface area contributed by atoms with Gasteiger partial charge in [-0.05, 0) is 63.1 Å². The second-order valence-corrected chi connectivity index (χ2v) is 8.76. The van der Waals surface area contributed by atoms with Crippen LogP contribution in [0.5, 0.6) is 5.75 Å². The lowest BCUT2D eigenvalue weighted by Crippen LogP contribution is -2.27. The van der Waals surface area contributed by atoms with Gasteiger partial charge in [-0.2, -0.15) is 9.78 Å². The van der Waals surface area contributed by atoms with Gasteiger partial charge in [-0.1, -0.05) is 18.2 Å². The third-order valence-corrected chi connectivity index (χ3v) is 5.00. The highest BCUT2D eigenvalue weighted by atomic mass is 16.6. The van der Waals surface area contributed by atoms with Crippen LogP contribution in [0.4, 0.5) is 10.6 Å². The summed E-state index contributed by atoms with van der Waals surface area (Å²) >= 11 is 0. The Morgan fingerprint density at radius 2 is 1.88 bits per heavy atom. The Kier molecular flexibility index (Phi) is 6.00. The zero-order valence-corrected chi connectivity index (χ0v) is 19.4. The number of hydrogen-bond donors (Lipinski definition) is 1. The zero-order chi connectivity index (χ0) is 23.6. The van der Waals surface area contributed by atoms with E-state index in [1.165, 1.54) is 4.68 Å². The van der Waals surface area contributed by atoms with E-state index in [-0.39, 0.29) is 6.04 Å². The summed E-state index contributed by atoms with van der Waals surface area (Å²) in [5, 5.41) is 7.52. The van der Waals surface area contributed by atoms with Crippen molar-refractivity contribution in [2.24, 2.45) is 0 Å². The summed E-state index contributed by atoms with van der Waals surface area (Å²) in [4.78, 5) is 21.5. The standard InChI is InChI=1S/C25H27N5O3/c1-16(17-7-6-8-20(11-17)32-5)28-23-14-26-22-12-18(9-10-21(22)29-23)19-13-27-30(15-19)24(31)33-25(2,3)4/h6-16H,1-5H3,(H,28,29). The van der Waals surface area contributed by atoms with Gasteiger partial charge in [0.2, 0.25) is 0 Å². The van der Waals surface area contributed by atoms with Gasteiger partial charge in [-0.25, -0.2) is 9.78 Å². The molecule has 4 aromatic rings. The van der Waals surface area contributed by atoms with E-state index < -0.39 is 11.7 Å². The Balaban J connectivity index is 1.52. The number of hydrogen-bond acceptors (Lipinski definition) is 7. The van der Waals surface area contributed by atoms with E-state index in [9.17, 15) is 4.79 Å². The highest BCUT2D eigenvalue weighted by Gasteiger charge is 2.19. The molecule has 2 heterocycles. The number of carbonyl (C=O) groups is 1. The molecule has 170 valence electrons. The molecule has 0 fully saturated rings. The monoisotopic (exact) mass is 445 g/mol. The molecule has 0 bridgehead atoms. The van der Waals surface area contributed by atoms with Gasteiger partial charge in [0.15, 0.2) is 0 Å². The Labute approximate surface area is 192 Å². The van der Waals surface area contributed by atoms with Crippen molar-refractivity contribution in [1.29, 1.82) is 0 Å². The van der Waals surface area contributed by atoms with Gasteiger partial charge in [-0.15, -0.1) is 0 Å². The average Bonchev–Trinajstić information content (AvgIpc) is 3.28. The van der Waals surface area contributed by atoms with Gasteiger partial charge in [0, 0.05) is 11.8 Å². The van der Waals surface area contributed by atoms with E-state index in [1.54, 1.807) is 25.7 Å². The van der Waals surface area contributed by atoms with Gasteiger partial charge in [0.05, 0.1) is 36.6 Å². The molecule has 33 heavy (non-hydrogen) atoms. The minimum Gasteiger partial charge on any atom is -0.497 e. The molecule has 0 saturated carbocycles. The molecule has 1 N–H and O–H groups in total. The summed E-state index contributed by atoms with van der Waals surface area (Å²) in [6, 6.07) is 13.7. The van der Waals surface area contributed by atoms with Crippen molar-refractivity contribution in [2.75, 3.05) is 12.4 Å². The van der Waals surface area contributed by atoms with Crippen LogP contribution in [0.25, 0.3) is 22.2 Å². The Hall–Kier alpha value is -3.94. The first-order chi connectivity index (χ1) is 15.7. The van der Waals surface area contributed by atoms with Crippen molar-refractivity contribution in [2.45, 2.75) is 39.3 Å². The van der Waals surface area contributed by atoms with E-state index in [2.05, 4.69) is 22.3 Å². The van der Waals surface area contributed by atoms with Gasteiger partial charge in [0.1, 0.15) is 17.2 Å². The van der Waals surface area contributed by atoms with Crippen molar-refractivity contribution in [3.63, 3.8) is 0 Å². The number of nitrogens with one attached hydrogen (secondary N) is 1. The molecule has 0 aliphatic heterocycles. The van der Waals surface area contributed by atoms with Crippen molar-refractivity contribution >= 4 is 22.9 Å². The minimum absolute atomic E-state index is 0.0322. The van der Waals surface area contributed by atoms with Crippen LogP contribution in [0.2, 0.25) is 0 Å². The number of benzene rings is 2. The quantitative estimate of drug-likeness (QED) is 0.436. The normalized spacial score (nSPS) is 12.4. The van der Waals surface area contributed by atoms with E-state index in [0.717, 1.165) is 33.5 Å². The first-order valence-corrected chi connectivity index (χ1v) is 10.7. The number of methoxy groups -OCH3 is 1. The number of nitrogens with zero attached hydrogens (tertiary/aromatic N) is 4. The Morgan fingerprint density at radius 1 is 1.06 bits per heavy atom. The Bertz CT molecular complexity index is 1290. The molecule has 0 spiro atoms. The molecule has 0 saturated heterocycles. The first kappa shape index (κ1) is 22.3. The fourth-order valence-electron chi connectivity index (χ4n) is 3.36. The van der Waals surface area contributed by atoms with E-state index in [0.29, 0.717) is 5.82 Å². The van der Waals surface area contributed by atoms with Crippen molar-refractivity contribution in [3.8, 4) is 16.9 Å². The van der Waals surface area contributed by atoms with Crippen LogP contribution >= 0.6 is 0 Å². The van der Waals surface area contributed by atoms with Gasteiger partial charge < -0.3 is 14.8 Å². The lowest BCUT2D eigenvalue weighted by Gasteiger charge is -2.18. The summed E-state index contributed by atoms with van der Waals surface area (Å²) in [7, 11) is 1.66. The third kappa shape index (κ3) is 5.28. The third-order valence-electron chi connectivity index (χ3n) is 5.00. The zero-order valence-electron chi connectivity index (χ0n) is 19.4. The number of anilines is 1. The summed E-state index contributed by atoms with van der Waals surface area (Å²) in [5.41, 5.74) is 3.69. The first-order valence-electron chi connectivity index (χ1n) is 10.7. The van der Waals surface area contributed by atoms with Gasteiger partial charge in [-0.3, -0.25) is 4.98 Å². The molecule has 0 radical (unpaired) electrons. The fraction of sp³-hybridized carbons (Fsp3) is 0.280. The van der Waals surface area contributed by atoms with Crippen LogP contribution in [0.3, 0.4) is 0 Å². The van der Waals surface area contributed by atoms with Crippen molar-refractivity contribution in [3.05, 3.63) is 66.6 Å². The average molecular weight is 446 g/mol. The smallest absolute Gasteiger partial charge is 0.435 e. The molecule has 4 rings (SSSR count). The molecule has 1 unspecified atom stereocenters. The largest absolute Gasteiger partial charge is 0.497 e. The topological polar surface area (TPSA) is 91.2 Å². The van der Waals surface area contributed by atoms with E-state index >= 15 is 0 Å². The molecular formula is C25H27N5O3. The number of rotatable bonds is 5. The van der Waals surface area contributed by atoms with Gasteiger partial charge >= 0.3 is 6.09 Å². The maximum atomic E-state index is 12.2. The molecule has 0 aliphatic rings. The molecule has 0 aliphatic carbocycles. The van der Waals surface area contributed by atoms with E-state index in [1.807, 2.05) is 63.2 Å². The number of aromatic nitrogens is 4. The van der Waals surface area contributed by atoms with Crippen molar-refractivity contribution in [1.82, 2.24) is 19.7 Å². The molecule has 8 nitrogen and oxygen atoms in total. The number of carbonyl (C=O) groups excluding carboxylic acids is 1.